The Bertz CT molecular complexity index is 381. The SMILES string of the molecule is CC(C)[C@H]1CC[C@H](C(C)C)P1C1=C=C=C=C1. The topological polar surface area (TPSA) is 0 Å². The van der Waals surface area contributed by atoms with Gasteiger partial charge in [-0.05, 0) is 41.7 Å². The third-order valence-electron chi connectivity index (χ3n) is 3.76. The molecule has 0 radical (unpaired) electrons. The normalized spacial score (nSPS) is 28.8. The molecule has 1 aliphatic carbocycles. The molecule has 0 bridgehead atoms. The van der Waals surface area contributed by atoms with Gasteiger partial charge in [-0.3, -0.25) is 0 Å². The Morgan fingerprint density at radius 2 is 1.69 bits per heavy atom. The van der Waals surface area contributed by atoms with Gasteiger partial charge in [0.25, 0.3) is 0 Å². The first kappa shape index (κ1) is 12.0. The lowest BCUT2D eigenvalue weighted by molar-refractivity contribution is 0.543. The summed E-state index contributed by atoms with van der Waals surface area (Å²) in [6.07, 6.45) is 4.94. The van der Waals surface area contributed by atoms with Gasteiger partial charge in [0.05, 0.1) is 0 Å². The molecule has 1 saturated heterocycles. The van der Waals surface area contributed by atoms with Crippen LogP contribution in [-0.4, -0.2) is 11.3 Å². The Balaban J connectivity index is 2.26. The molecule has 2 atom stereocenters. The summed E-state index contributed by atoms with van der Waals surface area (Å²) in [7, 11) is -0.0270. The van der Waals surface area contributed by atoms with Crippen LogP contribution in [0.25, 0.3) is 0 Å². The molecule has 0 amide bonds. The van der Waals surface area contributed by atoms with Crippen molar-refractivity contribution in [1.82, 2.24) is 0 Å². The highest BCUT2D eigenvalue weighted by Crippen LogP contribution is 2.65. The van der Waals surface area contributed by atoms with Gasteiger partial charge in [0.1, 0.15) is 0 Å². The van der Waals surface area contributed by atoms with E-state index in [9.17, 15) is 0 Å². The largest absolute Gasteiger partial charge is 0.0622 e. The molecule has 0 aromatic rings. The highest BCUT2D eigenvalue weighted by molar-refractivity contribution is 7.64. The van der Waals surface area contributed by atoms with Gasteiger partial charge in [0.15, 0.2) is 0 Å². The summed E-state index contributed by atoms with van der Waals surface area (Å²) in [4.78, 5) is 0. The van der Waals surface area contributed by atoms with Crippen LogP contribution >= 0.6 is 7.92 Å². The molecule has 0 N–H and O–H groups in total. The molecule has 1 aliphatic heterocycles. The van der Waals surface area contributed by atoms with E-state index in [1.807, 2.05) is 0 Å². The van der Waals surface area contributed by atoms with Crippen molar-refractivity contribution in [3.8, 4) is 0 Å². The molecule has 16 heavy (non-hydrogen) atoms. The van der Waals surface area contributed by atoms with Crippen molar-refractivity contribution in [2.24, 2.45) is 11.8 Å². The zero-order valence-electron chi connectivity index (χ0n) is 10.7. The first-order chi connectivity index (χ1) is 7.61. The molecule has 1 fully saturated rings. The lowest BCUT2D eigenvalue weighted by atomic mass is 10.0. The van der Waals surface area contributed by atoms with Gasteiger partial charge in [-0.2, -0.15) is 0 Å². The minimum atomic E-state index is -0.0270. The van der Waals surface area contributed by atoms with E-state index in [1.165, 1.54) is 18.2 Å². The lowest BCUT2D eigenvalue weighted by Gasteiger charge is -2.29. The van der Waals surface area contributed by atoms with Crippen LogP contribution < -0.4 is 0 Å². The Morgan fingerprint density at radius 1 is 1.12 bits per heavy atom. The van der Waals surface area contributed by atoms with E-state index in [0.717, 1.165) is 23.2 Å². The predicted molar refractivity (Wildman–Crippen MR) is 72.0 cm³/mol. The fourth-order valence-electron chi connectivity index (χ4n) is 2.91. The average molecular weight is 232 g/mol. The molecule has 0 nitrogen and oxygen atoms in total. The molecular formula is C15H21P. The van der Waals surface area contributed by atoms with Crippen molar-refractivity contribution < 1.29 is 0 Å². The molecule has 1 heterocycles. The molecule has 0 aromatic carbocycles. The smallest absolute Gasteiger partial charge is 0.0353 e. The molecule has 86 valence electrons. The Hall–Kier alpha value is -0.490. The maximum Gasteiger partial charge on any atom is 0.0353 e. The van der Waals surface area contributed by atoms with Gasteiger partial charge < -0.3 is 0 Å². The third-order valence-corrected chi connectivity index (χ3v) is 7.70. The molecule has 0 spiro atoms. The Kier molecular flexibility index (Phi) is 3.59. The molecule has 2 aliphatic rings. The first-order valence-electron chi connectivity index (χ1n) is 6.36. The summed E-state index contributed by atoms with van der Waals surface area (Å²) in [5, 5.41) is 1.42. The van der Waals surface area contributed by atoms with Crippen molar-refractivity contribution >= 4 is 7.92 Å². The van der Waals surface area contributed by atoms with E-state index in [2.05, 4.69) is 51.0 Å². The number of allylic oxidation sites excluding steroid dienone is 2. The summed E-state index contributed by atoms with van der Waals surface area (Å²) in [5.74, 6) is 1.61. The predicted octanol–water partition coefficient (Wildman–Crippen LogP) is 4.67. The van der Waals surface area contributed by atoms with Crippen LogP contribution in [0.15, 0.2) is 28.6 Å². The van der Waals surface area contributed by atoms with Gasteiger partial charge in [-0.15, -0.1) is 0 Å². The van der Waals surface area contributed by atoms with Crippen LogP contribution in [0.2, 0.25) is 0 Å². The van der Waals surface area contributed by atoms with E-state index in [0.29, 0.717) is 0 Å². The van der Waals surface area contributed by atoms with Crippen molar-refractivity contribution in [2.75, 3.05) is 0 Å². The van der Waals surface area contributed by atoms with E-state index in [1.54, 1.807) is 0 Å². The summed E-state index contributed by atoms with van der Waals surface area (Å²) in [6, 6.07) is 0. The van der Waals surface area contributed by atoms with Crippen LogP contribution in [0, 0.1) is 11.8 Å². The van der Waals surface area contributed by atoms with E-state index < -0.39 is 0 Å². The van der Waals surface area contributed by atoms with Crippen LogP contribution in [0.4, 0.5) is 0 Å². The van der Waals surface area contributed by atoms with Gasteiger partial charge >= 0.3 is 0 Å². The fourth-order valence-corrected chi connectivity index (χ4v) is 6.66. The number of hydrogen-bond acceptors (Lipinski definition) is 0. The van der Waals surface area contributed by atoms with Crippen LogP contribution in [0.3, 0.4) is 0 Å². The van der Waals surface area contributed by atoms with Crippen LogP contribution in [0.1, 0.15) is 40.5 Å². The van der Waals surface area contributed by atoms with Gasteiger partial charge in [0.2, 0.25) is 0 Å². The highest BCUT2D eigenvalue weighted by Gasteiger charge is 2.40. The third kappa shape index (κ3) is 2.13. The highest BCUT2D eigenvalue weighted by atomic mass is 31.1. The van der Waals surface area contributed by atoms with Crippen LogP contribution in [0.5, 0.6) is 0 Å². The quantitative estimate of drug-likeness (QED) is 0.490. The number of rotatable bonds is 3. The molecule has 0 saturated carbocycles. The van der Waals surface area contributed by atoms with Gasteiger partial charge in [-0.25, -0.2) is 0 Å². The second kappa shape index (κ2) is 4.79. The van der Waals surface area contributed by atoms with Crippen molar-refractivity contribution in [1.29, 1.82) is 0 Å². The standard InChI is InChI=1S/C15H21P/c1-11(2)14-9-10-15(12(3)4)16(14)13-7-5-6-8-13/h7,11-12,14-15H,9-10H2,1-4H3/t14-,15-/m1/s1. The van der Waals surface area contributed by atoms with E-state index in [-0.39, 0.29) is 7.92 Å². The van der Waals surface area contributed by atoms with Crippen molar-refractivity contribution in [3.63, 3.8) is 0 Å². The molecule has 1 heteroatoms. The molecule has 0 unspecified atom stereocenters. The zero-order chi connectivity index (χ0) is 11.7. The summed E-state index contributed by atoms with van der Waals surface area (Å²) in [5.41, 5.74) is 11.1. The summed E-state index contributed by atoms with van der Waals surface area (Å²) < 4.78 is 0. The summed E-state index contributed by atoms with van der Waals surface area (Å²) >= 11 is 0. The minimum absolute atomic E-state index is 0.0270. The molecular weight excluding hydrogens is 211 g/mol. The summed E-state index contributed by atoms with van der Waals surface area (Å²) in [6.45, 7) is 9.50. The lowest BCUT2D eigenvalue weighted by Crippen LogP contribution is -2.14. The Labute approximate surface area is 101 Å². The molecule has 0 aromatic heterocycles. The maximum atomic E-state index is 3.30. The van der Waals surface area contributed by atoms with Gasteiger partial charge in [0, 0.05) is 11.4 Å². The van der Waals surface area contributed by atoms with Gasteiger partial charge in [-0.1, -0.05) is 47.1 Å². The zero-order valence-corrected chi connectivity index (χ0v) is 11.6. The van der Waals surface area contributed by atoms with Crippen molar-refractivity contribution in [2.45, 2.75) is 51.9 Å². The second-order valence-electron chi connectivity index (χ2n) is 5.53. The fraction of sp³-hybridized carbons (Fsp3) is 0.667. The van der Waals surface area contributed by atoms with Crippen LogP contribution in [-0.2, 0) is 0 Å². The number of hydrogen-bond donors (Lipinski definition) is 0. The molecule has 2 rings (SSSR count). The van der Waals surface area contributed by atoms with E-state index >= 15 is 0 Å². The monoisotopic (exact) mass is 232 g/mol. The second-order valence-corrected chi connectivity index (χ2v) is 8.15. The minimum Gasteiger partial charge on any atom is -0.0622 e. The van der Waals surface area contributed by atoms with E-state index in [4.69, 9.17) is 0 Å². The first-order valence-corrected chi connectivity index (χ1v) is 7.84. The van der Waals surface area contributed by atoms with Crippen molar-refractivity contribution in [3.05, 3.63) is 28.6 Å². The maximum absolute atomic E-state index is 3.30. The Morgan fingerprint density at radius 3 is 2.06 bits per heavy atom. The average Bonchev–Trinajstić information content (AvgIpc) is 2.85.